The van der Waals surface area contributed by atoms with E-state index in [1.54, 1.807) is 24.3 Å². The van der Waals surface area contributed by atoms with Gasteiger partial charge in [0.05, 0.1) is 17.7 Å². The first-order valence-corrected chi connectivity index (χ1v) is 12.3. The van der Waals surface area contributed by atoms with E-state index >= 15 is 0 Å². The molecule has 1 amide bonds. The van der Waals surface area contributed by atoms with Gasteiger partial charge < -0.3 is 9.47 Å². The minimum atomic E-state index is -5.03. The second-order valence-electron chi connectivity index (χ2n) is 9.28. The molecule has 1 aliphatic carbocycles. The summed E-state index contributed by atoms with van der Waals surface area (Å²) in [6.45, 7) is 0.492. The van der Waals surface area contributed by atoms with Gasteiger partial charge in [0.15, 0.2) is 0 Å². The normalized spacial score (nSPS) is 15.1. The molecule has 0 radical (unpaired) electrons. The zero-order valence-corrected chi connectivity index (χ0v) is 20.5. The first-order chi connectivity index (χ1) is 17.4. The number of aromatic nitrogens is 1. The van der Waals surface area contributed by atoms with E-state index in [0.29, 0.717) is 42.2 Å². The molecule has 1 fully saturated rings. The van der Waals surface area contributed by atoms with Gasteiger partial charge in [-0.15, -0.1) is 0 Å². The van der Waals surface area contributed by atoms with Crippen LogP contribution in [-0.4, -0.2) is 21.4 Å². The predicted molar refractivity (Wildman–Crippen MR) is 128 cm³/mol. The van der Waals surface area contributed by atoms with Crippen LogP contribution in [0.25, 0.3) is 0 Å². The number of alkyl halides is 6. The highest BCUT2D eigenvalue weighted by molar-refractivity contribution is 6.30. The second kappa shape index (κ2) is 10.8. The third kappa shape index (κ3) is 6.69. The molecule has 0 spiro atoms. The highest BCUT2D eigenvalue weighted by atomic mass is 35.5. The maximum Gasteiger partial charge on any atom is 0.416 e. The standard InChI is InChI=1S/C27H25ClF6N2O/c28-22-7-4-6-18(12-22)16-35-11-5-10-24(35)17-36(23-8-2-1-3-9-23)25(37)19-13-20(26(29,30)31)15-21(14-19)27(32,33)34/h4-7,10-15,23H,1-3,8-9,16-17H2. The van der Waals surface area contributed by atoms with Crippen molar-refractivity contribution in [2.75, 3.05) is 0 Å². The molecule has 4 rings (SSSR count). The Morgan fingerprint density at radius 2 is 1.54 bits per heavy atom. The van der Waals surface area contributed by atoms with Gasteiger partial charge in [0.2, 0.25) is 0 Å². The fourth-order valence-corrected chi connectivity index (χ4v) is 4.97. The first-order valence-electron chi connectivity index (χ1n) is 11.9. The van der Waals surface area contributed by atoms with E-state index in [2.05, 4.69) is 0 Å². The van der Waals surface area contributed by atoms with Crippen LogP contribution in [0.2, 0.25) is 5.02 Å². The first kappa shape index (κ1) is 27.1. The molecule has 0 aliphatic heterocycles. The van der Waals surface area contributed by atoms with Crippen molar-refractivity contribution >= 4 is 17.5 Å². The van der Waals surface area contributed by atoms with Gasteiger partial charge in [-0.25, -0.2) is 0 Å². The number of hydrogen-bond donors (Lipinski definition) is 0. The Morgan fingerprint density at radius 1 is 0.892 bits per heavy atom. The van der Waals surface area contributed by atoms with Crippen molar-refractivity contribution in [3.05, 3.63) is 93.8 Å². The van der Waals surface area contributed by atoms with E-state index in [9.17, 15) is 31.1 Å². The van der Waals surface area contributed by atoms with Crippen molar-refractivity contribution in [1.82, 2.24) is 9.47 Å². The lowest BCUT2D eigenvalue weighted by molar-refractivity contribution is -0.143. The number of carbonyl (C=O) groups is 1. The summed E-state index contributed by atoms with van der Waals surface area (Å²) in [5, 5.41) is 0.565. The molecule has 1 heterocycles. The van der Waals surface area contributed by atoms with Crippen LogP contribution in [0, 0.1) is 0 Å². The number of hydrogen-bond acceptors (Lipinski definition) is 1. The van der Waals surface area contributed by atoms with Gasteiger partial charge in [0.1, 0.15) is 0 Å². The van der Waals surface area contributed by atoms with Crippen LogP contribution in [0.5, 0.6) is 0 Å². The smallest absolute Gasteiger partial charge is 0.345 e. The molecule has 10 heteroatoms. The molecule has 1 aromatic heterocycles. The fraction of sp³-hybridized carbons (Fsp3) is 0.370. The molecule has 0 N–H and O–H groups in total. The monoisotopic (exact) mass is 542 g/mol. The lowest BCUT2D eigenvalue weighted by atomic mass is 9.93. The van der Waals surface area contributed by atoms with Crippen LogP contribution in [-0.2, 0) is 25.4 Å². The van der Waals surface area contributed by atoms with Gasteiger partial charge in [-0.05, 0) is 60.9 Å². The highest BCUT2D eigenvalue weighted by Gasteiger charge is 2.38. The van der Waals surface area contributed by atoms with Gasteiger partial charge in [0, 0.05) is 35.1 Å². The largest absolute Gasteiger partial charge is 0.416 e. The van der Waals surface area contributed by atoms with Crippen LogP contribution in [0.1, 0.15) is 64.8 Å². The van der Waals surface area contributed by atoms with Crippen LogP contribution in [0.4, 0.5) is 26.3 Å². The van der Waals surface area contributed by atoms with E-state index in [4.69, 9.17) is 11.6 Å². The Bertz CT molecular complexity index is 1210. The maximum atomic E-state index is 13.6. The quantitative estimate of drug-likeness (QED) is 0.288. The SMILES string of the molecule is O=C(c1cc(C(F)(F)F)cc(C(F)(F)F)c1)N(Cc1cccn1Cc1cccc(Cl)c1)C1CCCCC1. The van der Waals surface area contributed by atoms with Crippen molar-refractivity contribution in [3.63, 3.8) is 0 Å². The Labute approximate surface area is 215 Å². The summed E-state index contributed by atoms with van der Waals surface area (Å²) in [6.07, 6.45) is -4.37. The number of carbonyl (C=O) groups excluding carboxylic acids is 1. The Balaban J connectivity index is 1.70. The summed E-state index contributed by atoms with van der Waals surface area (Å²) in [5.41, 5.74) is -2.01. The molecule has 3 nitrogen and oxygen atoms in total. The second-order valence-corrected chi connectivity index (χ2v) is 9.71. The topological polar surface area (TPSA) is 25.2 Å². The maximum absolute atomic E-state index is 13.6. The highest BCUT2D eigenvalue weighted by Crippen LogP contribution is 2.37. The van der Waals surface area contributed by atoms with Gasteiger partial charge in [0.25, 0.3) is 5.91 Å². The molecule has 0 unspecified atom stereocenters. The lowest BCUT2D eigenvalue weighted by Gasteiger charge is -2.35. The summed E-state index contributed by atoms with van der Waals surface area (Å²) < 4.78 is 82.6. The molecular weight excluding hydrogens is 518 g/mol. The van der Waals surface area contributed by atoms with Crippen LogP contribution in [0.3, 0.4) is 0 Å². The Kier molecular flexibility index (Phi) is 7.92. The van der Waals surface area contributed by atoms with Gasteiger partial charge in [-0.1, -0.05) is 43.0 Å². The number of rotatable bonds is 6. The van der Waals surface area contributed by atoms with Crippen LogP contribution in [0.15, 0.2) is 60.8 Å². The average molecular weight is 543 g/mol. The molecule has 2 aromatic carbocycles. The van der Waals surface area contributed by atoms with Crippen molar-refractivity contribution in [1.29, 1.82) is 0 Å². The zero-order chi connectivity index (χ0) is 26.8. The lowest BCUT2D eigenvalue weighted by Crippen LogP contribution is -2.41. The van der Waals surface area contributed by atoms with Crippen LogP contribution < -0.4 is 0 Å². The number of halogens is 7. The van der Waals surface area contributed by atoms with Crippen molar-refractivity contribution in [2.24, 2.45) is 0 Å². The van der Waals surface area contributed by atoms with E-state index in [1.165, 1.54) is 4.90 Å². The third-order valence-electron chi connectivity index (χ3n) is 6.61. The third-order valence-corrected chi connectivity index (χ3v) is 6.84. The van der Waals surface area contributed by atoms with E-state index in [1.807, 2.05) is 22.9 Å². The summed E-state index contributed by atoms with van der Waals surface area (Å²) in [5.74, 6) is -0.848. The molecule has 198 valence electrons. The summed E-state index contributed by atoms with van der Waals surface area (Å²) >= 11 is 6.09. The number of amides is 1. The Morgan fingerprint density at radius 3 is 2.14 bits per heavy atom. The molecule has 0 bridgehead atoms. The molecule has 37 heavy (non-hydrogen) atoms. The van der Waals surface area contributed by atoms with Crippen LogP contribution >= 0.6 is 11.6 Å². The average Bonchev–Trinajstić information content (AvgIpc) is 3.27. The van der Waals surface area contributed by atoms with Crippen molar-refractivity contribution in [3.8, 4) is 0 Å². The molecule has 0 saturated heterocycles. The van der Waals surface area contributed by atoms with Gasteiger partial charge in [-0.3, -0.25) is 4.79 Å². The molecule has 0 atom stereocenters. The predicted octanol–water partition coefficient (Wildman–Crippen LogP) is 8.20. The molecule has 1 saturated carbocycles. The van der Waals surface area contributed by atoms with Gasteiger partial charge >= 0.3 is 12.4 Å². The van der Waals surface area contributed by atoms with Gasteiger partial charge in [-0.2, -0.15) is 26.3 Å². The summed E-state index contributed by atoms with van der Waals surface area (Å²) in [4.78, 5) is 15.0. The van der Waals surface area contributed by atoms with Crippen molar-refractivity contribution in [2.45, 2.75) is 63.6 Å². The number of benzene rings is 2. The zero-order valence-electron chi connectivity index (χ0n) is 19.7. The molecule has 3 aromatic rings. The van der Waals surface area contributed by atoms with E-state index < -0.39 is 35.0 Å². The fourth-order valence-electron chi connectivity index (χ4n) is 4.76. The van der Waals surface area contributed by atoms with E-state index in [-0.39, 0.29) is 18.7 Å². The molecule has 1 aliphatic rings. The minimum Gasteiger partial charge on any atom is -0.345 e. The van der Waals surface area contributed by atoms with Crippen molar-refractivity contribution < 1.29 is 31.1 Å². The Hall–Kier alpha value is -2.94. The number of nitrogens with zero attached hydrogens (tertiary/aromatic N) is 2. The summed E-state index contributed by atoms with van der Waals surface area (Å²) in [7, 11) is 0. The molecular formula is C27H25ClF6N2O. The van der Waals surface area contributed by atoms with E-state index in [0.717, 1.165) is 24.8 Å². The minimum absolute atomic E-state index is 0.0396. The summed E-state index contributed by atoms with van der Waals surface area (Å²) in [6, 6.07) is 11.6.